The van der Waals surface area contributed by atoms with Crippen molar-refractivity contribution in [2.24, 2.45) is 0 Å². The number of aromatic nitrogens is 1. The first kappa shape index (κ1) is 12.3. The molecule has 0 unspecified atom stereocenters. The quantitative estimate of drug-likeness (QED) is 0.486. The molecule has 1 aromatic heterocycles. The molecule has 2 aromatic rings. The summed E-state index contributed by atoms with van der Waals surface area (Å²) in [6.07, 6.45) is 2.16. The van der Waals surface area contributed by atoms with E-state index in [0.717, 1.165) is 36.3 Å². The van der Waals surface area contributed by atoms with Crippen LogP contribution >= 0.6 is 11.8 Å². The number of thioether (sulfide) groups is 1. The molecule has 17 heavy (non-hydrogen) atoms. The molecule has 2 rings (SSSR count). The predicted molar refractivity (Wildman–Crippen MR) is 70.3 cm³/mol. The fourth-order valence-corrected chi connectivity index (χ4v) is 2.33. The Labute approximate surface area is 105 Å². The first-order chi connectivity index (χ1) is 8.29. The number of ether oxygens (including phenoxy) is 1. The normalized spacial score (nSPS) is 11.1. The molecule has 0 aliphatic heterocycles. The number of hydrogen-bond acceptors (Lipinski definition) is 5. The largest absolute Gasteiger partial charge is 0.431 e. The monoisotopic (exact) mass is 252 g/mol. The van der Waals surface area contributed by atoms with Gasteiger partial charge in [-0.05, 0) is 31.0 Å². The van der Waals surface area contributed by atoms with Gasteiger partial charge in [0.25, 0.3) is 5.22 Å². The summed E-state index contributed by atoms with van der Waals surface area (Å²) in [6.45, 7) is 0.810. The molecule has 0 saturated heterocycles. The molecule has 0 saturated carbocycles. The van der Waals surface area contributed by atoms with Gasteiger partial charge in [-0.3, -0.25) is 0 Å². The van der Waals surface area contributed by atoms with E-state index in [4.69, 9.17) is 14.9 Å². The van der Waals surface area contributed by atoms with Crippen LogP contribution in [0, 0.1) is 0 Å². The van der Waals surface area contributed by atoms with Crippen molar-refractivity contribution in [2.45, 2.75) is 18.1 Å². The highest BCUT2D eigenvalue weighted by Crippen LogP contribution is 2.25. The molecule has 92 valence electrons. The molecule has 0 atom stereocenters. The summed E-state index contributed by atoms with van der Waals surface area (Å²) in [5, 5.41) is 0.711. The van der Waals surface area contributed by atoms with Crippen molar-refractivity contribution < 1.29 is 9.15 Å². The molecular formula is C12H16N2O2S. The first-order valence-corrected chi connectivity index (χ1v) is 6.56. The second-order valence-electron chi connectivity index (χ2n) is 3.76. The summed E-state index contributed by atoms with van der Waals surface area (Å²) in [5.74, 6) is 0.992. The van der Waals surface area contributed by atoms with Crippen LogP contribution in [0.25, 0.3) is 11.1 Å². The molecule has 0 aliphatic carbocycles. The average Bonchev–Trinajstić information content (AvgIpc) is 2.70. The van der Waals surface area contributed by atoms with E-state index in [0.29, 0.717) is 10.9 Å². The summed E-state index contributed by atoms with van der Waals surface area (Å²) in [7, 11) is 1.72. The van der Waals surface area contributed by atoms with E-state index in [1.807, 2.05) is 18.2 Å². The number of fused-ring (bicyclic) bond motifs is 1. The first-order valence-electron chi connectivity index (χ1n) is 5.57. The molecule has 1 heterocycles. The van der Waals surface area contributed by atoms with Gasteiger partial charge in [0.05, 0.1) is 0 Å². The molecule has 0 aliphatic rings. The zero-order chi connectivity index (χ0) is 12.1. The molecule has 0 fully saturated rings. The van der Waals surface area contributed by atoms with E-state index < -0.39 is 0 Å². The van der Waals surface area contributed by atoms with Gasteiger partial charge < -0.3 is 14.9 Å². The molecule has 0 amide bonds. The third kappa shape index (κ3) is 3.38. The Morgan fingerprint density at radius 3 is 3.12 bits per heavy atom. The van der Waals surface area contributed by atoms with E-state index >= 15 is 0 Å². The van der Waals surface area contributed by atoms with Gasteiger partial charge in [0, 0.05) is 25.2 Å². The van der Waals surface area contributed by atoms with Crippen LogP contribution in [0.4, 0.5) is 5.69 Å². The molecule has 5 heteroatoms. The number of unbranched alkanes of at least 4 members (excludes halogenated alkanes) is 1. The minimum Gasteiger partial charge on any atom is -0.431 e. The number of hydrogen-bond donors (Lipinski definition) is 1. The van der Waals surface area contributed by atoms with Gasteiger partial charge in [-0.15, -0.1) is 0 Å². The molecular weight excluding hydrogens is 236 g/mol. The minimum atomic E-state index is 0.711. The van der Waals surface area contributed by atoms with Crippen LogP contribution in [-0.4, -0.2) is 24.5 Å². The van der Waals surface area contributed by atoms with Gasteiger partial charge in [0.1, 0.15) is 5.52 Å². The van der Waals surface area contributed by atoms with Crippen LogP contribution < -0.4 is 5.73 Å². The van der Waals surface area contributed by atoms with E-state index in [-0.39, 0.29) is 0 Å². The van der Waals surface area contributed by atoms with Crippen LogP contribution in [-0.2, 0) is 4.74 Å². The number of methoxy groups -OCH3 is 1. The summed E-state index contributed by atoms with van der Waals surface area (Å²) >= 11 is 1.63. The SMILES string of the molecule is COCCCCSc1nc2cc(N)ccc2o1. The van der Waals surface area contributed by atoms with E-state index in [1.165, 1.54) is 0 Å². The van der Waals surface area contributed by atoms with Gasteiger partial charge in [-0.2, -0.15) is 0 Å². The lowest BCUT2D eigenvalue weighted by Crippen LogP contribution is -1.89. The van der Waals surface area contributed by atoms with E-state index in [1.54, 1.807) is 18.9 Å². The Balaban J connectivity index is 1.91. The minimum absolute atomic E-state index is 0.711. The maximum absolute atomic E-state index is 5.69. The standard InChI is InChI=1S/C12H16N2O2S/c1-15-6-2-3-7-17-12-14-10-8-9(13)4-5-11(10)16-12/h4-5,8H,2-3,6-7,13H2,1H3. The number of nitrogens with zero attached hydrogens (tertiary/aromatic N) is 1. The molecule has 0 spiro atoms. The highest BCUT2D eigenvalue weighted by atomic mass is 32.2. The second kappa shape index (κ2) is 5.93. The number of nitrogens with two attached hydrogens (primary N) is 1. The molecule has 4 nitrogen and oxygen atoms in total. The predicted octanol–water partition coefficient (Wildman–Crippen LogP) is 2.93. The Hall–Kier alpha value is -1.20. The Kier molecular flexibility index (Phi) is 4.28. The fraction of sp³-hybridized carbons (Fsp3) is 0.417. The number of oxazole rings is 1. The van der Waals surface area contributed by atoms with Crippen LogP contribution in [0.5, 0.6) is 0 Å². The highest BCUT2D eigenvalue weighted by Gasteiger charge is 2.05. The van der Waals surface area contributed by atoms with Crippen molar-refractivity contribution in [1.29, 1.82) is 0 Å². The van der Waals surface area contributed by atoms with Crippen LogP contribution in [0.15, 0.2) is 27.8 Å². The molecule has 1 aromatic carbocycles. The Morgan fingerprint density at radius 1 is 1.41 bits per heavy atom. The highest BCUT2D eigenvalue weighted by molar-refractivity contribution is 7.99. The summed E-state index contributed by atoms with van der Waals surface area (Å²) in [4.78, 5) is 4.38. The van der Waals surface area contributed by atoms with Crippen molar-refractivity contribution in [3.8, 4) is 0 Å². The van der Waals surface area contributed by atoms with Gasteiger partial charge in [0.2, 0.25) is 0 Å². The lowest BCUT2D eigenvalue weighted by Gasteiger charge is -1.97. The zero-order valence-electron chi connectivity index (χ0n) is 9.81. The van der Waals surface area contributed by atoms with Gasteiger partial charge in [-0.1, -0.05) is 11.8 Å². The van der Waals surface area contributed by atoms with E-state index in [2.05, 4.69) is 4.98 Å². The fourth-order valence-electron chi connectivity index (χ4n) is 1.49. The Morgan fingerprint density at radius 2 is 2.29 bits per heavy atom. The van der Waals surface area contributed by atoms with Gasteiger partial charge in [-0.25, -0.2) is 4.98 Å². The molecule has 0 bridgehead atoms. The molecule has 0 radical (unpaired) electrons. The molecule has 2 N–H and O–H groups in total. The van der Waals surface area contributed by atoms with Crippen LogP contribution in [0.1, 0.15) is 12.8 Å². The van der Waals surface area contributed by atoms with E-state index in [9.17, 15) is 0 Å². The van der Waals surface area contributed by atoms with Crippen molar-refractivity contribution in [2.75, 3.05) is 25.2 Å². The van der Waals surface area contributed by atoms with Crippen LogP contribution in [0.2, 0.25) is 0 Å². The Bertz CT molecular complexity index is 484. The van der Waals surface area contributed by atoms with Gasteiger partial charge >= 0.3 is 0 Å². The third-order valence-corrected chi connectivity index (χ3v) is 3.27. The van der Waals surface area contributed by atoms with Crippen molar-refractivity contribution in [1.82, 2.24) is 4.98 Å². The van der Waals surface area contributed by atoms with Crippen molar-refractivity contribution in [3.63, 3.8) is 0 Å². The topological polar surface area (TPSA) is 61.3 Å². The summed E-state index contributed by atoms with van der Waals surface area (Å²) < 4.78 is 10.6. The lowest BCUT2D eigenvalue weighted by atomic mass is 10.3. The van der Waals surface area contributed by atoms with Crippen molar-refractivity contribution >= 4 is 28.5 Å². The third-order valence-electron chi connectivity index (χ3n) is 2.36. The average molecular weight is 252 g/mol. The summed E-state index contributed by atoms with van der Waals surface area (Å²) in [6, 6.07) is 5.50. The second-order valence-corrected chi connectivity index (χ2v) is 4.80. The van der Waals surface area contributed by atoms with Crippen LogP contribution in [0.3, 0.4) is 0 Å². The summed E-state index contributed by atoms with van der Waals surface area (Å²) in [5.41, 5.74) is 8.01. The number of nitrogen functional groups attached to an aromatic ring is 1. The van der Waals surface area contributed by atoms with Gasteiger partial charge in [0.15, 0.2) is 5.58 Å². The number of benzene rings is 1. The van der Waals surface area contributed by atoms with Crippen molar-refractivity contribution in [3.05, 3.63) is 18.2 Å². The zero-order valence-corrected chi connectivity index (χ0v) is 10.6. The number of anilines is 1. The maximum atomic E-state index is 5.69. The number of rotatable bonds is 6. The maximum Gasteiger partial charge on any atom is 0.256 e. The lowest BCUT2D eigenvalue weighted by molar-refractivity contribution is 0.194. The smallest absolute Gasteiger partial charge is 0.256 e.